The van der Waals surface area contributed by atoms with Gasteiger partial charge in [-0.05, 0) is 57.7 Å². The van der Waals surface area contributed by atoms with E-state index in [4.69, 9.17) is 0 Å². The summed E-state index contributed by atoms with van der Waals surface area (Å²) in [6, 6.07) is 23.8. The first-order valence-electron chi connectivity index (χ1n) is 11.6. The summed E-state index contributed by atoms with van der Waals surface area (Å²) in [6.07, 6.45) is 0. The van der Waals surface area contributed by atoms with E-state index in [9.17, 15) is 28.1 Å². The first-order chi connectivity index (χ1) is 18.7. The molecule has 0 saturated carbocycles. The summed E-state index contributed by atoms with van der Waals surface area (Å²) in [5.74, 6) is -1.37. The number of nitro benzene ring substituents is 1. The number of carbonyl (C=O) groups excluding carboxylic acids is 2. The second kappa shape index (κ2) is 9.00. The standard InChI is InChI=1S/C28H16BrN3O6S/c29-26-20-8-4-9-21-25(20)22(15-24(26)32(35)36)28(34)31(27(21)33)17-11-13-18(14-12-17)39(37,38)30-23-10-3-6-16-5-1-2-7-19(16)23/h1-15,30H. The maximum Gasteiger partial charge on any atom is 0.284 e. The summed E-state index contributed by atoms with van der Waals surface area (Å²) in [7, 11) is -4.00. The van der Waals surface area contributed by atoms with E-state index in [0.717, 1.165) is 21.7 Å². The lowest BCUT2D eigenvalue weighted by Crippen LogP contribution is -2.40. The molecule has 9 nitrogen and oxygen atoms in total. The molecule has 39 heavy (non-hydrogen) atoms. The molecule has 11 heteroatoms. The van der Waals surface area contributed by atoms with E-state index in [1.807, 2.05) is 30.3 Å². The van der Waals surface area contributed by atoms with Gasteiger partial charge in [0.2, 0.25) is 0 Å². The normalized spacial score (nSPS) is 13.2. The lowest BCUT2D eigenvalue weighted by Gasteiger charge is -2.27. The maximum atomic E-state index is 13.5. The molecule has 0 spiro atoms. The second-order valence-corrected chi connectivity index (χ2v) is 11.3. The van der Waals surface area contributed by atoms with Crippen LogP contribution < -0.4 is 9.62 Å². The molecule has 1 aliphatic rings. The van der Waals surface area contributed by atoms with E-state index in [1.165, 1.54) is 24.3 Å². The van der Waals surface area contributed by atoms with Gasteiger partial charge in [-0.15, -0.1) is 0 Å². The molecule has 5 aromatic carbocycles. The van der Waals surface area contributed by atoms with Gasteiger partial charge < -0.3 is 0 Å². The number of hydrogen-bond donors (Lipinski definition) is 1. The Morgan fingerprint density at radius 3 is 2.18 bits per heavy atom. The number of amides is 2. The van der Waals surface area contributed by atoms with E-state index < -0.39 is 26.8 Å². The number of nitro groups is 1. The fraction of sp³-hybridized carbons (Fsp3) is 0. The van der Waals surface area contributed by atoms with Crippen molar-refractivity contribution in [3.8, 4) is 0 Å². The summed E-state index contributed by atoms with van der Waals surface area (Å²) in [5, 5.41) is 13.9. The van der Waals surface area contributed by atoms with Crippen LogP contribution in [0.3, 0.4) is 0 Å². The van der Waals surface area contributed by atoms with Gasteiger partial charge in [0.25, 0.3) is 27.5 Å². The van der Waals surface area contributed by atoms with Gasteiger partial charge in [-0.1, -0.05) is 48.5 Å². The molecule has 1 heterocycles. The van der Waals surface area contributed by atoms with E-state index in [2.05, 4.69) is 20.7 Å². The van der Waals surface area contributed by atoms with E-state index in [0.29, 0.717) is 16.5 Å². The van der Waals surface area contributed by atoms with Crippen LogP contribution in [0.4, 0.5) is 17.1 Å². The monoisotopic (exact) mass is 601 g/mol. The Morgan fingerprint density at radius 1 is 0.795 bits per heavy atom. The highest BCUT2D eigenvalue weighted by atomic mass is 79.9. The highest BCUT2D eigenvalue weighted by Crippen LogP contribution is 2.41. The number of hydrogen-bond acceptors (Lipinski definition) is 6. The molecule has 1 N–H and O–H groups in total. The Morgan fingerprint density at radius 2 is 1.44 bits per heavy atom. The van der Waals surface area contributed by atoms with Crippen LogP contribution in [0.2, 0.25) is 0 Å². The molecule has 1 aliphatic heterocycles. The second-order valence-electron chi connectivity index (χ2n) is 8.81. The minimum absolute atomic E-state index is 0.00409. The van der Waals surface area contributed by atoms with Gasteiger partial charge in [-0.2, -0.15) is 0 Å². The van der Waals surface area contributed by atoms with Gasteiger partial charge in [-0.25, -0.2) is 13.3 Å². The predicted octanol–water partition coefficient (Wildman–Crippen LogP) is 6.27. The van der Waals surface area contributed by atoms with Gasteiger partial charge in [0.15, 0.2) is 0 Å². The summed E-state index contributed by atoms with van der Waals surface area (Å²) in [6.45, 7) is 0. The Bertz CT molecular complexity index is 1990. The number of sulfonamides is 1. The van der Waals surface area contributed by atoms with E-state index in [-0.39, 0.29) is 31.9 Å². The predicted molar refractivity (Wildman–Crippen MR) is 151 cm³/mol. The molecule has 5 aromatic rings. The third kappa shape index (κ3) is 3.94. The minimum Gasteiger partial charge on any atom is -0.279 e. The third-order valence-electron chi connectivity index (χ3n) is 6.58. The van der Waals surface area contributed by atoms with Crippen molar-refractivity contribution in [2.45, 2.75) is 4.90 Å². The topological polar surface area (TPSA) is 127 Å². The van der Waals surface area contributed by atoms with Crippen molar-refractivity contribution in [3.63, 3.8) is 0 Å². The number of anilines is 2. The fourth-order valence-corrected chi connectivity index (χ4v) is 6.44. The van der Waals surface area contributed by atoms with Crippen LogP contribution in [0.25, 0.3) is 21.5 Å². The first kappa shape index (κ1) is 24.7. The number of imide groups is 1. The van der Waals surface area contributed by atoms with Crippen LogP contribution in [0.5, 0.6) is 0 Å². The number of halogens is 1. The average Bonchev–Trinajstić information content (AvgIpc) is 2.93. The smallest absolute Gasteiger partial charge is 0.279 e. The lowest BCUT2D eigenvalue weighted by atomic mass is 9.93. The molecule has 2 amide bonds. The van der Waals surface area contributed by atoms with Gasteiger partial charge >= 0.3 is 0 Å². The van der Waals surface area contributed by atoms with Crippen LogP contribution in [0.1, 0.15) is 20.7 Å². The van der Waals surface area contributed by atoms with Crippen LogP contribution in [0, 0.1) is 10.1 Å². The van der Waals surface area contributed by atoms with Gasteiger partial charge in [0.1, 0.15) is 4.47 Å². The molecule has 0 bridgehead atoms. The number of rotatable bonds is 5. The minimum atomic E-state index is -4.00. The largest absolute Gasteiger partial charge is 0.284 e. The molecular weight excluding hydrogens is 586 g/mol. The molecule has 0 radical (unpaired) electrons. The molecule has 6 rings (SSSR count). The van der Waals surface area contributed by atoms with Crippen molar-refractivity contribution in [2.75, 3.05) is 9.62 Å². The number of carbonyl (C=O) groups is 2. The molecule has 0 unspecified atom stereocenters. The van der Waals surface area contributed by atoms with Crippen molar-refractivity contribution in [2.24, 2.45) is 0 Å². The zero-order valence-electron chi connectivity index (χ0n) is 19.8. The summed E-state index contributed by atoms with van der Waals surface area (Å²) < 4.78 is 29.1. The van der Waals surface area contributed by atoms with E-state index in [1.54, 1.807) is 30.3 Å². The maximum absolute atomic E-state index is 13.5. The Labute approximate surface area is 230 Å². The molecule has 0 saturated heterocycles. The zero-order chi connectivity index (χ0) is 27.5. The highest BCUT2D eigenvalue weighted by Gasteiger charge is 2.36. The fourth-order valence-electron chi connectivity index (χ4n) is 4.78. The molecule has 0 fully saturated rings. The number of fused-ring (bicyclic) bond motifs is 1. The van der Waals surface area contributed by atoms with Crippen LogP contribution in [-0.4, -0.2) is 25.2 Å². The number of nitrogens with one attached hydrogen (secondary N) is 1. The van der Waals surface area contributed by atoms with Crippen molar-refractivity contribution in [3.05, 3.63) is 117 Å². The van der Waals surface area contributed by atoms with Crippen molar-refractivity contribution >= 4 is 76.4 Å². The summed E-state index contributed by atoms with van der Waals surface area (Å²) in [4.78, 5) is 38.7. The zero-order valence-corrected chi connectivity index (χ0v) is 22.2. The van der Waals surface area contributed by atoms with Crippen LogP contribution in [0.15, 0.2) is 100 Å². The quantitative estimate of drug-likeness (QED) is 0.144. The van der Waals surface area contributed by atoms with Gasteiger partial charge in [0, 0.05) is 27.8 Å². The third-order valence-corrected chi connectivity index (χ3v) is 8.79. The van der Waals surface area contributed by atoms with Gasteiger partial charge in [0.05, 0.1) is 26.8 Å². The molecule has 0 atom stereocenters. The highest BCUT2D eigenvalue weighted by molar-refractivity contribution is 9.10. The number of benzene rings is 5. The molecular formula is C28H16BrN3O6S. The summed E-state index contributed by atoms with van der Waals surface area (Å²) >= 11 is 3.23. The van der Waals surface area contributed by atoms with Crippen LogP contribution >= 0.6 is 15.9 Å². The summed E-state index contributed by atoms with van der Waals surface area (Å²) in [5.41, 5.74) is 0.438. The van der Waals surface area contributed by atoms with Gasteiger partial charge in [-0.3, -0.25) is 24.4 Å². The molecule has 0 aliphatic carbocycles. The SMILES string of the molecule is O=C1c2cccc3c(Br)c([N+](=O)[O-])cc(c23)C(=O)N1c1ccc(S(=O)(=O)Nc2cccc3ccccc23)cc1. The Kier molecular flexibility index (Phi) is 5.70. The molecule has 0 aromatic heterocycles. The average molecular weight is 602 g/mol. The van der Waals surface area contributed by atoms with Crippen LogP contribution in [-0.2, 0) is 10.0 Å². The van der Waals surface area contributed by atoms with Crippen molar-refractivity contribution in [1.29, 1.82) is 0 Å². The lowest BCUT2D eigenvalue weighted by molar-refractivity contribution is -0.385. The van der Waals surface area contributed by atoms with E-state index >= 15 is 0 Å². The Balaban J connectivity index is 1.38. The number of nitrogens with zero attached hydrogens (tertiary/aromatic N) is 2. The van der Waals surface area contributed by atoms with Crippen molar-refractivity contribution < 1.29 is 22.9 Å². The first-order valence-corrected chi connectivity index (χ1v) is 13.8. The van der Waals surface area contributed by atoms with Crippen molar-refractivity contribution in [1.82, 2.24) is 0 Å². The molecule has 192 valence electrons. The Hall–Kier alpha value is -4.61.